The molecule has 1 aromatic carbocycles. The van der Waals surface area contributed by atoms with Gasteiger partial charge in [-0.3, -0.25) is 0 Å². The topological polar surface area (TPSA) is 41.8 Å². The smallest absolute Gasteiger partial charge is 0.174 e. The summed E-state index contributed by atoms with van der Waals surface area (Å²) in [7, 11) is 0. The maximum atomic E-state index is 13.5. The number of rotatable bonds is 2. The Labute approximate surface area is 97.3 Å². The minimum absolute atomic E-state index is 0.327. The fraction of sp³-hybridized carbons (Fsp3) is 0.154. The molecule has 0 spiro atoms. The first-order valence-electron chi connectivity index (χ1n) is 5.51. The maximum Gasteiger partial charge on any atom is 0.174 e. The average molecular weight is 230 g/mol. The zero-order valence-corrected chi connectivity index (χ0v) is 9.33. The van der Waals surface area contributed by atoms with Gasteiger partial charge in [0.25, 0.3) is 0 Å². The highest BCUT2D eigenvalue weighted by Crippen LogP contribution is 2.23. The molecule has 3 aromatic rings. The van der Waals surface area contributed by atoms with Crippen LogP contribution in [0.25, 0.3) is 22.6 Å². The van der Waals surface area contributed by atoms with Gasteiger partial charge in [-0.1, -0.05) is 13.0 Å². The van der Waals surface area contributed by atoms with Crippen LogP contribution in [0.3, 0.4) is 0 Å². The highest BCUT2D eigenvalue weighted by molar-refractivity contribution is 5.79. The number of imidazole rings is 1. The Hall–Kier alpha value is -2.10. The number of fused-ring (bicyclic) bond motifs is 1. The number of para-hydroxylation sites is 1. The number of nitrogens with one attached hydrogen (secondary N) is 1. The summed E-state index contributed by atoms with van der Waals surface area (Å²) >= 11 is 0. The van der Waals surface area contributed by atoms with Crippen molar-refractivity contribution in [3.8, 4) is 11.6 Å². The molecule has 0 saturated heterocycles. The zero-order valence-electron chi connectivity index (χ0n) is 9.33. The molecule has 0 aliphatic heterocycles. The number of nitrogens with zero attached hydrogens (tertiary/aromatic N) is 1. The predicted octanol–water partition coefficient (Wildman–Crippen LogP) is 3.52. The van der Waals surface area contributed by atoms with E-state index < -0.39 is 0 Å². The number of aromatic nitrogens is 2. The molecule has 3 rings (SSSR count). The van der Waals surface area contributed by atoms with Gasteiger partial charge in [0.2, 0.25) is 0 Å². The van der Waals surface area contributed by atoms with E-state index in [1.54, 1.807) is 12.1 Å². The van der Waals surface area contributed by atoms with Crippen LogP contribution in [-0.4, -0.2) is 9.97 Å². The van der Waals surface area contributed by atoms with Gasteiger partial charge in [0.05, 0.1) is 5.52 Å². The molecule has 0 amide bonds. The Morgan fingerprint density at radius 1 is 1.29 bits per heavy atom. The number of H-pyrrole nitrogens is 1. The summed E-state index contributed by atoms with van der Waals surface area (Å²) in [5.41, 5.74) is 1.02. The largest absolute Gasteiger partial charge is 0.458 e. The summed E-state index contributed by atoms with van der Waals surface area (Å²) < 4.78 is 19.0. The molecule has 1 N–H and O–H groups in total. The quantitative estimate of drug-likeness (QED) is 0.731. The lowest BCUT2D eigenvalue weighted by Crippen LogP contribution is -1.77. The first-order chi connectivity index (χ1) is 8.28. The van der Waals surface area contributed by atoms with E-state index in [2.05, 4.69) is 9.97 Å². The SMILES string of the molecule is CCc1ccc(-c2nc3c(F)cccc3[nH]2)o1. The van der Waals surface area contributed by atoms with Crippen LogP contribution in [-0.2, 0) is 6.42 Å². The average Bonchev–Trinajstić information content (AvgIpc) is 2.95. The predicted molar refractivity (Wildman–Crippen MR) is 63.1 cm³/mol. The van der Waals surface area contributed by atoms with Crippen molar-refractivity contribution >= 4 is 11.0 Å². The van der Waals surface area contributed by atoms with Crippen LogP contribution in [0, 0.1) is 5.82 Å². The van der Waals surface area contributed by atoms with E-state index in [0.717, 1.165) is 12.2 Å². The Balaban J connectivity index is 2.14. The van der Waals surface area contributed by atoms with Crippen LogP contribution in [0.5, 0.6) is 0 Å². The molecule has 0 radical (unpaired) electrons. The van der Waals surface area contributed by atoms with Crippen LogP contribution < -0.4 is 0 Å². The molecule has 17 heavy (non-hydrogen) atoms. The summed E-state index contributed by atoms with van der Waals surface area (Å²) in [6, 6.07) is 8.58. The van der Waals surface area contributed by atoms with E-state index in [1.165, 1.54) is 6.07 Å². The third kappa shape index (κ3) is 1.62. The van der Waals surface area contributed by atoms with E-state index in [1.807, 2.05) is 19.1 Å². The third-order valence-electron chi connectivity index (χ3n) is 2.71. The van der Waals surface area contributed by atoms with Crippen molar-refractivity contribution in [1.82, 2.24) is 9.97 Å². The number of hydrogen-bond acceptors (Lipinski definition) is 2. The van der Waals surface area contributed by atoms with Crippen molar-refractivity contribution in [1.29, 1.82) is 0 Å². The Morgan fingerprint density at radius 3 is 2.88 bits per heavy atom. The van der Waals surface area contributed by atoms with Gasteiger partial charge in [-0.05, 0) is 24.3 Å². The van der Waals surface area contributed by atoms with Crippen LogP contribution in [0.2, 0.25) is 0 Å². The van der Waals surface area contributed by atoms with Crippen LogP contribution in [0.1, 0.15) is 12.7 Å². The molecular weight excluding hydrogens is 219 g/mol. The van der Waals surface area contributed by atoms with Crippen molar-refractivity contribution < 1.29 is 8.81 Å². The van der Waals surface area contributed by atoms with E-state index in [4.69, 9.17) is 4.42 Å². The highest BCUT2D eigenvalue weighted by Gasteiger charge is 2.11. The first-order valence-corrected chi connectivity index (χ1v) is 5.51. The minimum Gasteiger partial charge on any atom is -0.458 e. The second-order valence-electron chi connectivity index (χ2n) is 3.84. The van der Waals surface area contributed by atoms with Gasteiger partial charge in [0.15, 0.2) is 17.4 Å². The molecule has 0 aliphatic rings. The monoisotopic (exact) mass is 230 g/mol. The number of aromatic amines is 1. The first kappa shape index (κ1) is 10.1. The second kappa shape index (κ2) is 3.73. The molecule has 0 saturated carbocycles. The maximum absolute atomic E-state index is 13.5. The third-order valence-corrected chi connectivity index (χ3v) is 2.71. The molecule has 4 heteroatoms. The normalized spacial score (nSPS) is 11.2. The lowest BCUT2D eigenvalue weighted by molar-refractivity contribution is 0.526. The molecule has 0 bridgehead atoms. The highest BCUT2D eigenvalue weighted by atomic mass is 19.1. The van der Waals surface area contributed by atoms with E-state index >= 15 is 0 Å². The van der Waals surface area contributed by atoms with E-state index in [-0.39, 0.29) is 5.82 Å². The Morgan fingerprint density at radius 2 is 2.18 bits per heavy atom. The molecule has 3 nitrogen and oxygen atoms in total. The fourth-order valence-corrected chi connectivity index (χ4v) is 1.81. The Bertz CT molecular complexity index is 669. The number of benzene rings is 1. The lowest BCUT2D eigenvalue weighted by Gasteiger charge is -1.89. The Kier molecular flexibility index (Phi) is 2.21. The minimum atomic E-state index is -0.327. The fourth-order valence-electron chi connectivity index (χ4n) is 1.81. The van der Waals surface area contributed by atoms with Gasteiger partial charge in [-0.15, -0.1) is 0 Å². The summed E-state index contributed by atoms with van der Waals surface area (Å²) in [4.78, 5) is 7.25. The van der Waals surface area contributed by atoms with Crippen molar-refractivity contribution in [3.05, 3.63) is 41.9 Å². The van der Waals surface area contributed by atoms with Crippen molar-refractivity contribution in [2.45, 2.75) is 13.3 Å². The van der Waals surface area contributed by atoms with Gasteiger partial charge >= 0.3 is 0 Å². The molecular formula is C13H11FN2O. The summed E-state index contributed by atoms with van der Waals surface area (Å²) in [6.45, 7) is 2.01. The molecule has 0 fully saturated rings. The van der Waals surface area contributed by atoms with Gasteiger partial charge in [-0.2, -0.15) is 0 Å². The molecule has 0 unspecified atom stereocenters. The summed E-state index contributed by atoms with van der Waals surface area (Å²) in [5.74, 6) is 1.76. The van der Waals surface area contributed by atoms with Crippen molar-refractivity contribution in [2.75, 3.05) is 0 Å². The molecule has 2 heterocycles. The number of hydrogen-bond donors (Lipinski definition) is 1. The van der Waals surface area contributed by atoms with Gasteiger partial charge in [0, 0.05) is 6.42 Å². The molecule has 0 atom stereocenters. The van der Waals surface area contributed by atoms with Crippen molar-refractivity contribution in [3.63, 3.8) is 0 Å². The van der Waals surface area contributed by atoms with Gasteiger partial charge in [-0.25, -0.2) is 9.37 Å². The summed E-state index contributed by atoms with van der Waals surface area (Å²) in [6.07, 6.45) is 0.828. The number of aryl methyl sites for hydroxylation is 1. The van der Waals surface area contributed by atoms with E-state index in [9.17, 15) is 4.39 Å². The molecule has 2 aromatic heterocycles. The lowest BCUT2D eigenvalue weighted by atomic mass is 10.3. The molecule has 86 valence electrons. The number of halogens is 1. The standard InChI is InChI=1S/C13H11FN2O/c1-2-8-6-7-11(17-8)13-15-10-5-3-4-9(14)12(10)16-13/h3-7H,2H2,1H3,(H,15,16). The van der Waals surface area contributed by atoms with Crippen molar-refractivity contribution in [2.24, 2.45) is 0 Å². The zero-order chi connectivity index (χ0) is 11.8. The van der Waals surface area contributed by atoms with E-state index in [0.29, 0.717) is 22.6 Å². The van der Waals surface area contributed by atoms with Crippen LogP contribution in [0.15, 0.2) is 34.7 Å². The van der Waals surface area contributed by atoms with Crippen LogP contribution in [0.4, 0.5) is 4.39 Å². The molecule has 0 aliphatic carbocycles. The van der Waals surface area contributed by atoms with Crippen LogP contribution >= 0.6 is 0 Å². The van der Waals surface area contributed by atoms with Gasteiger partial charge < -0.3 is 9.40 Å². The number of furan rings is 1. The summed E-state index contributed by atoms with van der Waals surface area (Å²) in [5, 5.41) is 0. The van der Waals surface area contributed by atoms with Gasteiger partial charge in [0.1, 0.15) is 11.3 Å². The second-order valence-corrected chi connectivity index (χ2v) is 3.84.